The van der Waals surface area contributed by atoms with Crippen LogP contribution in [0.15, 0.2) is 137 Å². The van der Waals surface area contributed by atoms with E-state index in [2.05, 4.69) is 135 Å². The van der Waals surface area contributed by atoms with Crippen molar-refractivity contribution in [1.29, 1.82) is 0 Å². The largest absolute Gasteiger partial charge is 0.344 e. The molecule has 0 aromatic heterocycles. The highest BCUT2D eigenvalue weighted by Gasteiger charge is 2.22. The Balaban J connectivity index is 1.44. The maximum atomic E-state index is 5.11. The maximum absolute atomic E-state index is 5.11. The van der Waals surface area contributed by atoms with Crippen molar-refractivity contribution in [3.63, 3.8) is 0 Å². The molecule has 38 heavy (non-hydrogen) atoms. The van der Waals surface area contributed by atoms with Crippen molar-refractivity contribution < 1.29 is 0 Å². The highest BCUT2D eigenvalue weighted by Crippen LogP contribution is 2.27. The summed E-state index contributed by atoms with van der Waals surface area (Å²) in [4.78, 5) is 10.2. The zero-order valence-electron chi connectivity index (χ0n) is 21.6. The molecule has 0 aliphatic carbocycles. The Labute approximate surface area is 225 Å². The number of aryl methyl sites for hydroxylation is 1. The van der Waals surface area contributed by atoms with Crippen molar-refractivity contribution in [3.05, 3.63) is 150 Å². The number of benzene rings is 5. The van der Waals surface area contributed by atoms with E-state index >= 15 is 0 Å². The summed E-state index contributed by atoms with van der Waals surface area (Å²) in [5, 5.41) is 3.63. The van der Waals surface area contributed by atoms with Gasteiger partial charge < -0.3 is 5.32 Å². The molecule has 0 amide bonds. The standard InChI is InChI=1S/C34H28BN3/c1-23-18-30(22-31(35)19-23)34-37-32(28-16-8-14-26(20-28)24-10-4-2-5-11-24)36-33(38-34)29-17-9-15-27(21-29)25-12-6-3-7-13-25/h2-22,32H,35H2,1H3,(H,36,37,38). The third kappa shape index (κ3) is 5.07. The molecule has 5 aromatic carbocycles. The minimum atomic E-state index is -0.262. The van der Waals surface area contributed by atoms with Gasteiger partial charge in [-0.3, -0.25) is 0 Å². The van der Waals surface area contributed by atoms with Crippen LogP contribution < -0.4 is 10.8 Å². The molecule has 0 fully saturated rings. The van der Waals surface area contributed by atoms with E-state index in [4.69, 9.17) is 9.98 Å². The maximum Gasteiger partial charge on any atom is 0.159 e. The van der Waals surface area contributed by atoms with Crippen LogP contribution in [-0.2, 0) is 0 Å². The highest BCUT2D eigenvalue weighted by atomic mass is 15.2. The Morgan fingerprint density at radius 3 is 1.87 bits per heavy atom. The Hall–Kier alpha value is -4.70. The summed E-state index contributed by atoms with van der Waals surface area (Å²) in [5.41, 5.74) is 10.3. The zero-order valence-corrected chi connectivity index (χ0v) is 21.6. The van der Waals surface area contributed by atoms with Crippen molar-refractivity contribution >= 4 is 25.0 Å². The predicted molar refractivity (Wildman–Crippen MR) is 162 cm³/mol. The van der Waals surface area contributed by atoms with Crippen molar-refractivity contribution in [3.8, 4) is 22.3 Å². The molecule has 1 aliphatic heterocycles. The first-order valence-electron chi connectivity index (χ1n) is 13.0. The topological polar surface area (TPSA) is 36.8 Å². The molecule has 0 saturated carbocycles. The second kappa shape index (κ2) is 10.4. The van der Waals surface area contributed by atoms with Crippen LogP contribution in [0.2, 0.25) is 0 Å². The molecule has 1 aliphatic rings. The number of hydrogen-bond donors (Lipinski definition) is 1. The van der Waals surface area contributed by atoms with Crippen LogP contribution >= 0.6 is 0 Å². The molecular weight excluding hydrogens is 461 g/mol. The van der Waals surface area contributed by atoms with Gasteiger partial charge in [-0.15, -0.1) is 0 Å². The first kappa shape index (κ1) is 23.7. The molecule has 182 valence electrons. The van der Waals surface area contributed by atoms with Gasteiger partial charge in [0.05, 0.1) is 0 Å². The average molecular weight is 489 g/mol. The van der Waals surface area contributed by atoms with Gasteiger partial charge in [0, 0.05) is 11.1 Å². The minimum Gasteiger partial charge on any atom is -0.344 e. The summed E-state index contributed by atoms with van der Waals surface area (Å²) in [6.07, 6.45) is -0.262. The van der Waals surface area contributed by atoms with Crippen LogP contribution in [0.5, 0.6) is 0 Å². The SMILES string of the molecule is Bc1cc(C)cc(C2=NC(c3cccc(-c4ccccc4)c3)NC(c3cccc(-c4ccccc4)c3)=N2)c1. The molecule has 4 heteroatoms. The van der Waals surface area contributed by atoms with E-state index in [1.165, 1.54) is 27.7 Å². The molecule has 0 spiro atoms. The molecule has 1 heterocycles. The van der Waals surface area contributed by atoms with E-state index in [1.807, 2.05) is 12.1 Å². The highest BCUT2D eigenvalue weighted by molar-refractivity contribution is 6.33. The summed E-state index contributed by atoms with van der Waals surface area (Å²) < 4.78 is 0. The van der Waals surface area contributed by atoms with E-state index in [0.29, 0.717) is 0 Å². The van der Waals surface area contributed by atoms with Crippen LogP contribution in [0.3, 0.4) is 0 Å². The van der Waals surface area contributed by atoms with Gasteiger partial charge in [-0.25, -0.2) is 9.98 Å². The molecule has 3 nitrogen and oxygen atoms in total. The number of nitrogens with zero attached hydrogens (tertiary/aromatic N) is 2. The number of hydrogen-bond acceptors (Lipinski definition) is 3. The van der Waals surface area contributed by atoms with E-state index in [9.17, 15) is 0 Å². The summed E-state index contributed by atoms with van der Waals surface area (Å²) in [5.74, 6) is 1.56. The summed E-state index contributed by atoms with van der Waals surface area (Å²) in [6, 6.07) is 44.6. The van der Waals surface area contributed by atoms with Gasteiger partial charge in [0.2, 0.25) is 0 Å². The van der Waals surface area contributed by atoms with Gasteiger partial charge in [-0.2, -0.15) is 0 Å². The molecule has 1 unspecified atom stereocenters. The fraction of sp³-hybridized carbons (Fsp3) is 0.0588. The van der Waals surface area contributed by atoms with E-state index in [1.54, 1.807) is 0 Å². The second-order valence-electron chi connectivity index (χ2n) is 9.77. The third-order valence-electron chi connectivity index (χ3n) is 6.78. The summed E-state index contributed by atoms with van der Waals surface area (Å²) in [6.45, 7) is 2.12. The van der Waals surface area contributed by atoms with E-state index < -0.39 is 0 Å². The molecule has 1 atom stereocenters. The minimum absolute atomic E-state index is 0.262. The van der Waals surface area contributed by atoms with Crippen molar-refractivity contribution in [2.75, 3.05) is 0 Å². The Bertz CT molecular complexity index is 1640. The lowest BCUT2D eigenvalue weighted by Gasteiger charge is -2.24. The van der Waals surface area contributed by atoms with Gasteiger partial charge in [0.15, 0.2) is 5.84 Å². The lowest BCUT2D eigenvalue weighted by molar-refractivity contribution is 0.674. The van der Waals surface area contributed by atoms with E-state index in [-0.39, 0.29) is 6.17 Å². The molecule has 0 radical (unpaired) electrons. The summed E-state index contributed by atoms with van der Waals surface area (Å²) in [7, 11) is 2.12. The Morgan fingerprint density at radius 1 is 0.579 bits per heavy atom. The summed E-state index contributed by atoms with van der Waals surface area (Å²) >= 11 is 0. The molecular formula is C34H28BN3. The number of amidine groups is 2. The fourth-order valence-electron chi connectivity index (χ4n) is 5.00. The molecule has 5 aromatic rings. The monoisotopic (exact) mass is 489 g/mol. The van der Waals surface area contributed by atoms with Gasteiger partial charge in [-0.1, -0.05) is 120 Å². The molecule has 0 bridgehead atoms. The van der Waals surface area contributed by atoms with Crippen LogP contribution in [0.1, 0.15) is 28.4 Å². The van der Waals surface area contributed by atoms with Gasteiger partial charge in [0.25, 0.3) is 0 Å². The van der Waals surface area contributed by atoms with Crippen molar-refractivity contribution in [2.24, 2.45) is 9.98 Å². The number of rotatable bonds is 5. The Morgan fingerprint density at radius 2 is 1.18 bits per heavy atom. The van der Waals surface area contributed by atoms with Gasteiger partial charge in [-0.05, 0) is 52.9 Å². The molecule has 0 saturated heterocycles. The van der Waals surface area contributed by atoms with Crippen LogP contribution in [0, 0.1) is 6.92 Å². The van der Waals surface area contributed by atoms with E-state index in [0.717, 1.165) is 33.9 Å². The first-order chi connectivity index (χ1) is 18.6. The second-order valence-corrected chi connectivity index (χ2v) is 9.77. The smallest absolute Gasteiger partial charge is 0.159 e. The molecule has 1 N–H and O–H groups in total. The number of aliphatic imine (C=N–C) groups is 2. The van der Waals surface area contributed by atoms with Gasteiger partial charge >= 0.3 is 0 Å². The van der Waals surface area contributed by atoms with Crippen molar-refractivity contribution in [1.82, 2.24) is 5.32 Å². The fourth-order valence-corrected chi connectivity index (χ4v) is 5.00. The normalized spacial score (nSPS) is 14.8. The third-order valence-corrected chi connectivity index (χ3v) is 6.78. The quantitative estimate of drug-likeness (QED) is 0.299. The number of nitrogens with one attached hydrogen (secondary N) is 1. The zero-order chi connectivity index (χ0) is 25.9. The van der Waals surface area contributed by atoms with Gasteiger partial charge in [0.1, 0.15) is 19.8 Å². The van der Waals surface area contributed by atoms with Crippen molar-refractivity contribution in [2.45, 2.75) is 13.1 Å². The van der Waals surface area contributed by atoms with Crippen LogP contribution in [0.4, 0.5) is 0 Å². The molecule has 6 rings (SSSR count). The van der Waals surface area contributed by atoms with Crippen LogP contribution in [-0.4, -0.2) is 19.5 Å². The Kier molecular flexibility index (Phi) is 6.45. The first-order valence-corrected chi connectivity index (χ1v) is 13.0. The van der Waals surface area contributed by atoms with Crippen LogP contribution in [0.25, 0.3) is 22.3 Å². The predicted octanol–water partition coefficient (Wildman–Crippen LogP) is 6.08. The average Bonchev–Trinajstić information content (AvgIpc) is 2.97. The lowest BCUT2D eigenvalue weighted by atomic mass is 9.92. The lowest BCUT2D eigenvalue weighted by Crippen LogP contribution is -2.33.